The Morgan fingerprint density at radius 3 is 2.85 bits per heavy atom. The first kappa shape index (κ1) is 22.4. The number of H-pyrrole nitrogens is 1. The first-order chi connectivity index (χ1) is 16.8. The molecule has 1 aliphatic heterocycles. The summed E-state index contributed by atoms with van der Waals surface area (Å²) < 4.78 is 11.5. The lowest BCUT2D eigenvalue weighted by atomic mass is 10.0. The second kappa shape index (κ2) is 10.7. The zero-order chi connectivity index (χ0) is 23.2. The predicted octanol–water partition coefficient (Wildman–Crippen LogP) is 6.17. The van der Waals surface area contributed by atoms with Crippen molar-refractivity contribution in [2.45, 2.75) is 32.1 Å². The van der Waals surface area contributed by atoms with E-state index in [1.54, 1.807) is 7.11 Å². The fraction of sp³-hybridized carbons (Fsp3) is 0.286. The van der Waals surface area contributed by atoms with Gasteiger partial charge in [0.1, 0.15) is 18.1 Å². The molecule has 2 aliphatic rings. The molecule has 1 N–H and O–H groups in total. The molecule has 0 bridgehead atoms. The Bertz CT molecular complexity index is 1260. The fourth-order valence-corrected chi connectivity index (χ4v) is 5.29. The number of allylic oxidation sites excluding steroid dienone is 1. The summed E-state index contributed by atoms with van der Waals surface area (Å²) in [4.78, 5) is 7.34. The van der Waals surface area contributed by atoms with E-state index in [4.69, 9.17) is 9.47 Å². The second-order valence-corrected chi connectivity index (χ2v) is 9.62. The molecule has 34 heavy (non-hydrogen) atoms. The summed E-state index contributed by atoms with van der Waals surface area (Å²) in [6, 6.07) is 10.4. The minimum absolute atomic E-state index is 0.468. The summed E-state index contributed by atoms with van der Waals surface area (Å²) in [7, 11) is 1.68. The first-order valence-corrected chi connectivity index (χ1v) is 12.6. The van der Waals surface area contributed by atoms with Crippen LogP contribution >= 0.6 is 11.3 Å². The number of benzene rings is 1. The van der Waals surface area contributed by atoms with Crippen LogP contribution in [0, 0.1) is 0 Å². The highest BCUT2D eigenvalue weighted by Crippen LogP contribution is 2.29. The van der Waals surface area contributed by atoms with Crippen molar-refractivity contribution in [3.63, 3.8) is 0 Å². The number of hydrogen-bond donors (Lipinski definition) is 1. The number of aromatic nitrogens is 2. The van der Waals surface area contributed by atoms with E-state index in [1.165, 1.54) is 21.7 Å². The number of dihydropyridines is 1. The number of rotatable bonds is 9. The average molecular weight is 472 g/mol. The van der Waals surface area contributed by atoms with Crippen LogP contribution in [0.15, 0.2) is 53.6 Å². The van der Waals surface area contributed by atoms with E-state index in [1.807, 2.05) is 47.8 Å². The fourth-order valence-electron chi connectivity index (χ4n) is 4.14. The van der Waals surface area contributed by atoms with Gasteiger partial charge < -0.3 is 9.47 Å². The maximum absolute atomic E-state index is 5.89. The molecule has 5 nitrogen and oxygen atoms in total. The summed E-state index contributed by atoms with van der Waals surface area (Å²) in [6.07, 6.45) is 18.1. The van der Waals surface area contributed by atoms with Crippen LogP contribution in [0.2, 0.25) is 0 Å². The average Bonchev–Trinajstić information content (AvgIpc) is 3.52. The molecule has 0 amide bonds. The third-order valence-electron chi connectivity index (χ3n) is 5.98. The molecule has 0 unspecified atom stereocenters. The minimum atomic E-state index is 0.468. The van der Waals surface area contributed by atoms with Crippen LogP contribution in [0.4, 0.5) is 0 Å². The molecule has 3 aromatic rings. The smallest absolute Gasteiger partial charge is 0.130 e. The van der Waals surface area contributed by atoms with Crippen molar-refractivity contribution in [1.29, 1.82) is 0 Å². The Labute approximate surface area is 204 Å². The van der Waals surface area contributed by atoms with Crippen molar-refractivity contribution in [3.05, 3.63) is 80.8 Å². The van der Waals surface area contributed by atoms with E-state index >= 15 is 0 Å². The van der Waals surface area contributed by atoms with Gasteiger partial charge in [-0.3, -0.25) is 10.1 Å². The van der Waals surface area contributed by atoms with E-state index in [2.05, 4.69) is 45.6 Å². The van der Waals surface area contributed by atoms with Crippen molar-refractivity contribution in [3.8, 4) is 11.5 Å². The van der Waals surface area contributed by atoms with E-state index in [0.29, 0.717) is 6.61 Å². The van der Waals surface area contributed by atoms with Gasteiger partial charge in [0.05, 0.1) is 18.5 Å². The van der Waals surface area contributed by atoms with Gasteiger partial charge >= 0.3 is 0 Å². The molecule has 5 rings (SSSR count). The van der Waals surface area contributed by atoms with Crippen LogP contribution in [-0.4, -0.2) is 36.2 Å². The van der Waals surface area contributed by atoms with E-state index < -0.39 is 0 Å². The largest absolute Gasteiger partial charge is 0.496 e. The number of thiophene rings is 1. The maximum Gasteiger partial charge on any atom is 0.130 e. The molecule has 174 valence electrons. The number of aromatic amines is 1. The number of nitrogens with zero attached hydrogens (tertiary/aromatic N) is 2. The number of methoxy groups -OCH3 is 1. The molecule has 0 atom stereocenters. The van der Waals surface area contributed by atoms with Crippen molar-refractivity contribution in [2.75, 3.05) is 20.3 Å². The summed E-state index contributed by atoms with van der Waals surface area (Å²) in [5.74, 6) is 1.53. The minimum Gasteiger partial charge on any atom is -0.496 e. The van der Waals surface area contributed by atoms with Crippen molar-refractivity contribution >= 4 is 35.3 Å². The molecule has 0 fully saturated rings. The molecular formula is C28H29N3O2S. The Kier molecular flexibility index (Phi) is 7.05. The number of nitrogens with one attached hydrogen (secondary N) is 1. The van der Waals surface area contributed by atoms with Gasteiger partial charge in [-0.25, -0.2) is 0 Å². The third-order valence-corrected chi connectivity index (χ3v) is 7.18. The van der Waals surface area contributed by atoms with Crippen LogP contribution in [0.1, 0.15) is 45.1 Å². The molecule has 0 spiro atoms. The molecule has 1 aliphatic carbocycles. The zero-order valence-electron chi connectivity index (χ0n) is 19.4. The van der Waals surface area contributed by atoms with Crippen molar-refractivity contribution < 1.29 is 9.47 Å². The van der Waals surface area contributed by atoms with Gasteiger partial charge in [-0.15, -0.1) is 11.3 Å². The normalized spacial score (nSPS) is 14.9. The van der Waals surface area contributed by atoms with Gasteiger partial charge in [0.15, 0.2) is 0 Å². The molecule has 6 heteroatoms. The van der Waals surface area contributed by atoms with E-state index in [-0.39, 0.29) is 0 Å². The highest BCUT2D eigenvalue weighted by atomic mass is 32.1. The lowest BCUT2D eigenvalue weighted by Crippen LogP contribution is -2.11. The van der Waals surface area contributed by atoms with Gasteiger partial charge in [0.2, 0.25) is 0 Å². The predicted molar refractivity (Wildman–Crippen MR) is 141 cm³/mol. The lowest BCUT2D eigenvalue weighted by Gasteiger charge is -2.11. The number of aliphatic imine (C=N–C) groups is 1. The lowest BCUT2D eigenvalue weighted by molar-refractivity contribution is 0.368. The molecule has 1 aromatic carbocycles. The van der Waals surface area contributed by atoms with Gasteiger partial charge in [-0.2, -0.15) is 5.10 Å². The molecule has 2 aromatic heterocycles. The maximum atomic E-state index is 5.89. The summed E-state index contributed by atoms with van der Waals surface area (Å²) in [5.41, 5.74) is 5.51. The van der Waals surface area contributed by atoms with Crippen LogP contribution in [0.5, 0.6) is 11.5 Å². The summed E-state index contributed by atoms with van der Waals surface area (Å²) in [6.45, 7) is 1.31. The quantitative estimate of drug-likeness (QED) is 0.406. The molecule has 3 heterocycles. The van der Waals surface area contributed by atoms with E-state index in [0.717, 1.165) is 66.4 Å². The first-order valence-electron chi connectivity index (χ1n) is 11.8. The number of aryl methyl sites for hydroxylation is 3. The van der Waals surface area contributed by atoms with Crippen LogP contribution in [-0.2, 0) is 19.3 Å². The molecular weight excluding hydrogens is 442 g/mol. The summed E-state index contributed by atoms with van der Waals surface area (Å²) >= 11 is 1.92. The van der Waals surface area contributed by atoms with Crippen molar-refractivity contribution in [1.82, 2.24) is 10.2 Å². The second-order valence-electron chi connectivity index (χ2n) is 8.45. The van der Waals surface area contributed by atoms with E-state index in [9.17, 15) is 0 Å². The topological polar surface area (TPSA) is 59.5 Å². The number of hydrogen-bond acceptors (Lipinski definition) is 5. The van der Waals surface area contributed by atoms with Crippen LogP contribution in [0.25, 0.3) is 18.2 Å². The van der Waals surface area contributed by atoms with Gasteiger partial charge in [-0.05, 0) is 86.2 Å². The third kappa shape index (κ3) is 5.57. The highest BCUT2D eigenvalue weighted by Gasteiger charge is 2.10. The Morgan fingerprint density at radius 2 is 2.00 bits per heavy atom. The van der Waals surface area contributed by atoms with Gasteiger partial charge in [0, 0.05) is 33.6 Å². The standard InChI is InChI=1S/C28H29N3O2S/c1-32-27-18-25(33-19-24-7-4-5-15-29-24)13-10-20(27)9-11-22-17-23(31-30-22)12-14-26-16-21-6-2-3-8-28(21)34-26/h3-4,7-11,13,16-18H,2,5-6,12,14-15,19H2,1H3,(H,30,31)/b11-9+. The van der Waals surface area contributed by atoms with Gasteiger partial charge in [0.25, 0.3) is 0 Å². The number of fused-ring (bicyclic) bond motifs is 1. The molecule has 0 saturated heterocycles. The molecule has 0 radical (unpaired) electrons. The Morgan fingerprint density at radius 1 is 1.06 bits per heavy atom. The Balaban J connectivity index is 1.18. The molecule has 0 saturated carbocycles. The zero-order valence-corrected chi connectivity index (χ0v) is 20.2. The SMILES string of the molecule is COc1cc(OCC2=NCCC=C2)ccc1/C=C/c1cc(CCc2cc3c(s2)C=CCC3)[nH]n1. The monoisotopic (exact) mass is 471 g/mol. The number of ether oxygens (including phenoxy) is 2. The van der Waals surface area contributed by atoms with Crippen molar-refractivity contribution in [2.24, 2.45) is 4.99 Å². The highest BCUT2D eigenvalue weighted by molar-refractivity contribution is 7.13. The Hall–Kier alpha value is -3.38. The van der Waals surface area contributed by atoms with Crippen LogP contribution in [0.3, 0.4) is 0 Å². The summed E-state index contributed by atoms with van der Waals surface area (Å²) in [5, 5.41) is 7.64. The van der Waals surface area contributed by atoms with Gasteiger partial charge in [-0.1, -0.05) is 12.2 Å². The van der Waals surface area contributed by atoms with Crippen LogP contribution < -0.4 is 9.47 Å².